The molecule has 2 amide bonds. The molecule has 0 unspecified atom stereocenters. The van der Waals surface area contributed by atoms with Crippen molar-refractivity contribution in [3.8, 4) is 0 Å². The standard InChI is InChI=1S/C25H26N2O5S/c26-24(29)16-10-12-17(13-11-16)27-22(28)14-31-25(30)23-20(15-33-18-6-2-1-3-7-18)19-8-4-5-9-21(19)32-23/h4-5,8-13,18H,1-3,6-7,14-15H2,(H2,26,29)(H,27,28). The first-order valence-electron chi connectivity index (χ1n) is 11.0. The minimum Gasteiger partial charge on any atom is -0.450 e. The van der Waals surface area contributed by atoms with Crippen molar-refractivity contribution in [3.05, 3.63) is 65.4 Å². The number of fused-ring (bicyclic) bond motifs is 1. The van der Waals surface area contributed by atoms with Gasteiger partial charge in [-0.1, -0.05) is 37.5 Å². The molecule has 1 aliphatic rings. The zero-order chi connectivity index (χ0) is 23.2. The Balaban J connectivity index is 1.40. The van der Waals surface area contributed by atoms with Crippen LogP contribution in [-0.4, -0.2) is 29.6 Å². The van der Waals surface area contributed by atoms with E-state index in [0.717, 1.165) is 10.9 Å². The van der Waals surface area contributed by atoms with Crippen LogP contribution in [0.1, 0.15) is 58.6 Å². The summed E-state index contributed by atoms with van der Waals surface area (Å²) in [7, 11) is 0. The van der Waals surface area contributed by atoms with Crippen LogP contribution in [0.2, 0.25) is 0 Å². The third-order valence-corrected chi connectivity index (χ3v) is 7.08. The highest BCUT2D eigenvalue weighted by Gasteiger charge is 2.24. The maximum absolute atomic E-state index is 12.8. The first-order valence-corrected chi connectivity index (χ1v) is 12.0. The third kappa shape index (κ3) is 5.76. The molecule has 1 aliphatic carbocycles. The normalized spacial score (nSPS) is 14.2. The lowest BCUT2D eigenvalue weighted by Crippen LogP contribution is -2.21. The number of amides is 2. The van der Waals surface area contributed by atoms with Crippen molar-refractivity contribution in [1.82, 2.24) is 0 Å². The largest absolute Gasteiger partial charge is 0.450 e. The van der Waals surface area contributed by atoms with Crippen LogP contribution >= 0.6 is 11.8 Å². The van der Waals surface area contributed by atoms with E-state index in [4.69, 9.17) is 14.9 Å². The number of anilines is 1. The SMILES string of the molecule is NC(=O)c1ccc(NC(=O)COC(=O)c2oc3ccccc3c2CSC2CCCCC2)cc1. The van der Waals surface area contributed by atoms with Crippen molar-refractivity contribution in [2.75, 3.05) is 11.9 Å². The molecule has 8 heteroatoms. The number of rotatable bonds is 8. The Morgan fingerprint density at radius 2 is 1.76 bits per heavy atom. The van der Waals surface area contributed by atoms with Gasteiger partial charge in [0.15, 0.2) is 6.61 Å². The first-order chi connectivity index (χ1) is 16.0. The summed E-state index contributed by atoms with van der Waals surface area (Å²) in [5, 5.41) is 4.10. The first kappa shape index (κ1) is 22.9. The molecule has 1 saturated carbocycles. The number of hydrogen-bond donors (Lipinski definition) is 2. The summed E-state index contributed by atoms with van der Waals surface area (Å²) in [5.74, 6) is -0.901. The van der Waals surface area contributed by atoms with Crippen LogP contribution in [0.4, 0.5) is 5.69 Å². The monoisotopic (exact) mass is 466 g/mol. The van der Waals surface area contributed by atoms with Gasteiger partial charge in [-0.05, 0) is 43.2 Å². The van der Waals surface area contributed by atoms with E-state index in [1.54, 1.807) is 12.1 Å². The second-order valence-electron chi connectivity index (χ2n) is 8.04. The highest BCUT2D eigenvalue weighted by molar-refractivity contribution is 7.99. The number of nitrogens with one attached hydrogen (secondary N) is 1. The Labute approximate surface area is 196 Å². The van der Waals surface area contributed by atoms with Crippen molar-refractivity contribution in [2.45, 2.75) is 43.1 Å². The average Bonchev–Trinajstić information content (AvgIpc) is 3.21. The van der Waals surface area contributed by atoms with E-state index in [1.807, 2.05) is 36.0 Å². The summed E-state index contributed by atoms with van der Waals surface area (Å²) in [6, 6.07) is 13.7. The molecular weight excluding hydrogens is 440 g/mol. The molecule has 7 nitrogen and oxygen atoms in total. The number of nitrogens with two attached hydrogens (primary N) is 1. The Morgan fingerprint density at radius 1 is 1.03 bits per heavy atom. The summed E-state index contributed by atoms with van der Waals surface area (Å²) >= 11 is 1.85. The Hall–Kier alpha value is -3.26. The molecule has 0 saturated heterocycles. The van der Waals surface area contributed by atoms with E-state index in [0.29, 0.717) is 27.8 Å². The quantitative estimate of drug-likeness (QED) is 0.457. The molecule has 2 aromatic carbocycles. The van der Waals surface area contributed by atoms with E-state index >= 15 is 0 Å². The highest BCUT2D eigenvalue weighted by atomic mass is 32.2. The van der Waals surface area contributed by atoms with E-state index in [9.17, 15) is 14.4 Å². The molecule has 1 aromatic heterocycles. The van der Waals surface area contributed by atoms with Crippen molar-refractivity contribution in [3.63, 3.8) is 0 Å². The summed E-state index contributed by atoms with van der Waals surface area (Å²) in [6.45, 7) is -0.456. The maximum atomic E-state index is 12.8. The van der Waals surface area contributed by atoms with Gasteiger partial charge in [0.05, 0.1) is 0 Å². The van der Waals surface area contributed by atoms with Gasteiger partial charge in [0.1, 0.15) is 5.58 Å². The van der Waals surface area contributed by atoms with Crippen LogP contribution in [0, 0.1) is 0 Å². The van der Waals surface area contributed by atoms with Crippen molar-refractivity contribution in [1.29, 1.82) is 0 Å². The van der Waals surface area contributed by atoms with Gasteiger partial charge in [-0.2, -0.15) is 11.8 Å². The molecule has 0 aliphatic heterocycles. The molecule has 4 rings (SSSR count). The fourth-order valence-electron chi connectivity index (χ4n) is 3.95. The van der Waals surface area contributed by atoms with Gasteiger partial charge in [0, 0.05) is 33.2 Å². The molecule has 3 aromatic rings. The van der Waals surface area contributed by atoms with Gasteiger partial charge in [-0.15, -0.1) is 0 Å². The molecule has 172 valence electrons. The predicted octanol–water partition coefficient (Wildman–Crippen LogP) is 4.89. The fourth-order valence-corrected chi connectivity index (χ4v) is 5.31. The van der Waals surface area contributed by atoms with Gasteiger partial charge in [-0.25, -0.2) is 4.79 Å². The van der Waals surface area contributed by atoms with Crippen LogP contribution in [0.3, 0.4) is 0 Å². The molecule has 0 bridgehead atoms. The number of ether oxygens (including phenoxy) is 1. The second kappa shape index (κ2) is 10.6. The fraction of sp³-hybridized carbons (Fsp3) is 0.320. The Morgan fingerprint density at radius 3 is 2.48 bits per heavy atom. The molecule has 0 radical (unpaired) electrons. The van der Waals surface area contributed by atoms with Crippen molar-refractivity contribution < 1.29 is 23.5 Å². The van der Waals surface area contributed by atoms with E-state index in [-0.39, 0.29) is 5.76 Å². The number of carbonyl (C=O) groups is 3. The molecule has 0 spiro atoms. The maximum Gasteiger partial charge on any atom is 0.375 e. The number of esters is 1. The van der Waals surface area contributed by atoms with Crippen LogP contribution in [0.25, 0.3) is 11.0 Å². The number of carbonyl (C=O) groups excluding carboxylic acids is 3. The minimum absolute atomic E-state index is 0.151. The number of hydrogen-bond acceptors (Lipinski definition) is 6. The highest BCUT2D eigenvalue weighted by Crippen LogP contribution is 2.35. The predicted molar refractivity (Wildman–Crippen MR) is 128 cm³/mol. The molecule has 33 heavy (non-hydrogen) atoms. The van der Waals surface area contributed by atoms with Crippen molar-refractivity contribution >= 4 is 46.2 Å². The van der Waals surface area contributed by atoms with Crippen LogP contribution in [0.5, 0.6) is 0 Å². The van der Waals surface area contributed by atoms with E-state index < -0.39 is 24.4 Å². The number of furan rings is 1. The number of primary amides is 1. The smallest absolute Gasteiger partial charge is 0.375 e. The molecule has 1 heterocycles. The summed E-state index contributed by atoms with van der Waals surface area (Å²) < 4.78 is 11.1. The average molecular weight is 467 g/mol. The second-order valence-corrected chi connectivity index (χ2v) is 9.33. The third-order valence-electron chi connectivity index (χ3n) is 5.69. The van der Waals surface area contributed by atoms with E-state index in [2.05, 4.69) is 5.32 Å². The van der Waals surface area contributed by atoms with Gasteiger partial charge >= 0.3 is 5.97 Å². The Kier molecular flexibility index (Phi) is 7.34. The van der Waals surface area contributed by atoms with Gasteiger partial charge in [-0.3, -0.25) is 9.59 Å². The number of benzene rings is 2. The van der Waals surface area contributed by atoms with E-state index in [1.165, 1.54) is 44.2 Å². The topological polar surface area (TPSA) is 112 Å². The molecule has 3 N–H and O–H groups in total. The summed E-state index contributed by atoms with van der Waals surface area (Å²) in [6.07, 6.45) is 6.18. The Bertz CT molecular complexity index is 1150. The minimum atomic E-state index is -0.662. The van der Waals surface area contributed by atoms with Crippen LogP contribution in [0.15, 0.2) is 52.9 Å². The lowest BCUT2D eigenvalue weighted by atomic mass is 10.0. The van der Waals surface area contributed by atoms with Gasteiger partial charge in [0.2, 0.25) is 11.7 Å². The summed E-state index contributed by atoms with van der Waals surface area (Å²) in [4.78, 5) is 36.2. The number of thioether (sulfide) groups is 1. The summed E-state index contributed by atoms with van der Waals surface area (Å²) in [5.41, 5.74) is 7.46. The van der Waals surface area contributed by atoms with Crippen LogP contribution in [-0.2, 0) is 15.3 Å². The number of para-hydroxylation sites is 1. The molecule has 0 atom stereocenters. The van der Waals surface area contributed by atoms with Gasteiger partial charge < -0.3 is 20.2 Å². The van der Waals surface area contributed by atoms with Gasteiger partial charge in [0.25, 0.3) is 5.91 Å². The molecular formula is C25H26N2O5S. The van der Waals surface area contributed by atoms with Crippen LogP contribution < -0.4 is 11.1 Å². The molecule has 1 fully saturated rings. The zero-order valence-corrected chi connectivity index (χ0v) is 19.0. The zero-order valence-electron chi connectivity index (χ0n) is 18.2. The van der Waals surface area contributed by atoms with Crippen molar-refractivity contribution in [2.24, 2.45) is 5.73 Å². The lowest BCUT2D eigenvalue weighted by molar-refractivity contribution is -0.119. The lowest BCUT2D eigenvalue weighted by Gasteiger charge is -2.20.